The summed E-state index contributed by atoms with van der Waals surface area (Å²) in [5.74, 6) is -1.71. The van der Waals surface area contributed by atoms with Gasteiger partial charge in [-0.15, -0.1) is 0 Å². The molecule has 0 saturated carbocycles. The van der Waals surface area contributed by atoms with Crippen molar-refractivity contribution >= 4 is 34.4 Å². The van der Waals surface area contributed by atoms with Gasteiger partial charge in [-0.2, -0.15) is 0 Å². The molecular weight excluding hydrogens is 420 g/mol. The Balaban J connectivity index is 1.27. The van der Waals surface area contributed by atoms with Crippen molar-refractivity contribution in [1.29, 1.82) is 0 Å². The van der Waals surface area contributed by atoms with Gasteiger partial charge in [0, 0.05) is 44.0 Å². The van der Waals surface area contributed by atoms with Gasteiger partial charge in [0.05, 0.1) is 10.4 Å². The summed E-state index contributed by atoms with van der Waals surface area (Å²) in [6.07, 6.45) is 0. The van der Waals surface area contributed by atoms with E-state index in [1.165, 1.54) is 12.1 Å². The highest BCUT2D eigenvalue weighted by Crippen LogP contribution is 2.20. The molecule has 0 aliphatic carbocycles. The van der Waals surface area contributed by atoms with E-state index >= 15 is 0 Å². The topological polar surface area (TPSA) is 128 Å². The highest BCUT2D eigenvalue weighted by Gasteiger charge is 2.23. The van der Waals surface area contributed by atoms with E-state index in [4.69, 9.17) is 9.15 Å². The minimum Gasteiger partial charge on any atom is -0.454 e. The number of carbonyl (C=O) groups is 2. The number of ether oxygens (including phenoxy) is 1. The Morgan fingerprint density at radius 2 is 1.72 bits per heavy atom. The van der Waals surface area contributed by atoms with Crippen LogP contribution in [0.3, 0.4) is 0 Å². The molecule has 1 aromatic heterocycles. The van der Waals surface area contributed by atoms with Gasteiger partial charge in [-0.05, 0) is 24.3 Å². The molecule has 0 unspecified atom stereocenters. The van der Waals surface area contributed by atoms with Crippen molar-refractivity contribution < 1.29 is 23.7 Å². The Morgan fingerprint density at radius 3 is 2.41 bits per heavy atom. The Bertz CT molecular complexity index is 1210. The molecular formula is C21H20N4O7. The Morgan fingerprint density at radius 1 is 1.03 bits per heavy atom. The number of aromatic nitrogens is 1. The third kappa shape index (κ3) is 4.46. The normalized spacial score (nSPS) is 13.9. The van der Waals surface area contributed by atoms with Gasteiger partial charge in [0.2, 0.25) is 0 Å². The second kappa shape index (κ2) is 8.92. The highest BCUT2D eigenvalue weighted by atomic mass is 16.6. The summed E-state index contributed by atoms with van der Waals surface area (Å²) in [4.78, 5) is 50.4. The number of hydrogen-bond donors (Lipinski definition) is 0. The number of anilines is 1. The summed E-state index contributed by atoms with van der Waals surface area (Å²) in [6, 6.07) is 13.0. The van der Waals surface area contributed by atoms with Gasteiger partial charge in [0.1, 0.15) is 6.54 Å². The van der Waals surface area contributed by atoms with E-state index < -0.39 is 23.3 Å². The molecule has 1 amide bonds. The van der Waals surface area contributed by atoms with Crippen molar-refractivity contribution in [1.82, 2.24) is 9.47 Å². The van der Waals surface area contributed by atoms with Gasteiger partial charge in [-0.1, -0.05) is 12.1 Å². The molecule has 0 radical (unpaired) electrons. The first-order valence-corrected chi connectivity index (χ1v) is 9.93. The number of para-hydroxylation sites is 2. The summed E-state index contributed by atoms with van der Waals surface area (Å²) < 4.78 is 11.3. The number of piperazine rings is 1. The zero-order chi connectivity index (χ0) is 22.7. The van der Waals surface area contributed by atoms with Gasteiger partial charge in [0.15, 0.2) is 12.2 Å². The minimum absolute atomic E-state index is 0.0232. The molecule has 2 aromatic carbocycles. The summed E-state index contributed by atoms with van der Waals surface area (Å²) in [5, 5.41) is 10.8. The molecule has 11 heteroatoms. The zero-order valence-corrected chi connectivity index (χ0v) is 17.0. The molecule has 1 fully saturated rings. The van der Waals surface area contributed by atoms with Gasteiger partial charge >= 0.3 is 11.7 Å². The molecule has 2 heterocycles. The molecule has 0 bridgehead atoms. The number of fused-ring (bicyclic) bond motifs is 1. The van der Waals surface area contributed by atoms with Crippen molar-refractivity contribution in [3.05, 3.63) is 69.2 Å². The van der Waals surface area contributed by atoms with Crippen LogP contribution in [0.15, 0.2) is 57.7 Å². The molecule has 3 aromatic rings. The van der Waals surface area contributed by atoms with E-state index in [9.17, 15) is 24.5 Å². The Labute approximate surface area is 181 Å². The van der Waals surface area contributed by atoms with E-state index in [0.29, 0.717) is 37.3 Å². The zero-order valence-electron chi connectivity index (χ0n) is 17.0. The molecule has 0 spiro atoms. The first-order chi connectivity index (χ1) is 15.4. The van der Waals surface area contributed by atoms with Gasteiger partial charge in [0.25, 0.3) is 11.6 Å². The Hall–Kier alpha value is -4.15. The number of nitro groups is 1. The van der Waals surface area contributed by atoms with Crippen LogP contribution in [0.5, 0.6) is 0 Å². The van der Waals surface area contributed by atoms with E-state index in [0.717, 1.165) is 10.3 Å². The predicted octanol–water partition coefficient (Wildman–Crippen LogP) is 1.39. The molecule has 1 aliphatic rings. The minimum atomic E-state index is -0.712. The molecule has 32 heavy (non-hydrogen) atoms. The van der Waals surface area contributed by atoms with Crippen molar-refractivity contribution in [3.63, 3.8) is 0 Å². The standard InChI is InChI=1S/C21H20N4O7/c26-19(14-31-20(27)13-24-17-3-1-2-4-18(17)32-21(24)28)23-11-9-22(10-12-23)15-5-7-16(8-6-15)25(29)30/h1-8H,9-14H2. The van der Waals surface area contributed by atoms with Crippen LogP contribution < -0.4 is 10.7 Å². The number of nitro benzene ring substituents is 1. The maximum Gasteiger partial charge on any atom is 0.420 e. The monoisotopic (exact) mass is 440 g/mol. The van der Waals surface area contributed by atoms with Gasteiger partial charge in [-0.25, -0.2) is 4.79 Å². The molecule has 1 saturated heterocycles. The first kappa shape index (κ1) is 21.1. The van der Waals surface area contributed by atoms with Crippen LogP contribution in [-0.4, -0.2) is 59.1 Å². The van der Waals surface area contributed by atoms with Gasteiger partial charge < -0.3 is 19.0 Å². The highest BCUT2D eigenvalue weighted by molar-refractivity contribution is 5.81. The lowest BCUT2D eigenvalue weighted by Gasteiger charge is -2.36. The molecule has 11 nitrogen and oxygen atoms in total. The third-order valence-electron chi connectivity index (χ3n) is 5.28. The van der Waals surface area contributed by atoms with E-state index in [1.54, 1.807) is 41.3 Å². The maximum atomic E-state index is 12.4. The van der Waals surface area contributed by atoms with Crippen molar-refractivity contribution in [2.75, 3.05) is 37.7 Å². The smallest absolute Gasteiger partial charge is 0.420 e. The number of benzene rings is 2. The summed E-state index contributed by atoms with van der Waals surface area (Å²) >= 11 is 0. The lowest BCUT2D eigenvalue weighted by molar-refractivity contribution is -0.384. The van der Waals surface area contributed by atoms with Crippen LogP contribution in [0.2, 0.25) is 0 Å². The fourth-order valence-electron chi connectivity index (χ4n) is 3.57. The quantitative estimate of drug-likeness (QED) is 0.320. The largest absolute Gasteiger partial charge is 0.454 e. The second-order valence-electron chi connectivity index (χ2n) is 7.22. The number of amides is 1. The number of nitrogens with zero attached hydrogens (tertiary/aromatic N) is 4. The number of oxazole rings is 1. The van der Waals surface area contributed by atoms with E-state index in [-0.39, 0.29) is 18.1 Å². The molecule has 0 N–H and O–H groups in total. The van der Waals surface area contributed by atoms with Crippen molar-refractivity contribution in [2.45, 2.75) is 6.54 Å². The van der Waals surface area contributed by atoms with E-state index in [1.807, 2.05) is 4.90 Å². The number of rotatable bonds is 6. The fourth-order valence-corrected chi connectivity index (χ4v) is 3.57. The van der Waals surface area contributed by atoms with Crippen molar-refractivity contribution in [3.8, 4) is 0 Å². The molecule has 0 atom stereocenters. The number of hydrogen-bond acceptors (Lipinski definition) is 8. The number of non-ortho nitro benzene ring substituents is 1. The average Bonchev–Trinajstić information content (AvgIpc) is 3.12. The SMILES string of the molecule is O=C(Cn1c(=O)oc2ccccc21)OCC(=O)N1CCN(c2ccc([N+](=O)[O-])cc2)CC1. The average molecular weight is 440 g/mol. The Kier molecular flexibility index (Phi) is 5.88. The van der Waals surface area contributed by atoms with Crippen LogP contribution in [0.1, 0.15) is 0 Å². The van der Waals surface area contributed by atoms with Crippen LogP contribution in [0.25, 0.3) is 11.1 Å². The summed E-state index contributed by atoms with van der Waals surface area (Å²) in [7, 11) is 0. The lowest BCUT2D eigenvalue weighted by atomic mass is 10.2. The van der Waals surface area contributed by atoms with Crippen LogP contribution in [0.4, 0.5) is 11.4 Å². The summed E-state index contributed by atoms with van der Waals surface area (Å²) in [5.41, 5.74) is 1.71. The number of carbonyl (C=O) groups excluding carboxylic acids is 2. The summed E-state index contributed by atoms with van der Waals surface area (Å²) in [6.45, 7) is 1.19. The maximum absolute atomic E-state index is 12.4. The number of esters is 1. The van der Waals surface area contributed by atoms with E-state index in [2.05, 4.69) is 0 Å². The molecule has 1 aliphatic heterocycles. The second-order valence-corrected chi connectivity index (χ2v) is 7.22. The van der Waals surface area contributed by atoms with Gasteiger partial charge in [-0.3, -0.25) is 24.3 Å². The van der Waals surface area contributed by atoms with Crippen LogP contribution >= 0.6 is 0 Å². The first-order valence-electron chi connectivity index (χ1n) is 9.93. The lowest BCUT2D eigenvalue weighted by Crippen LogP contribution is -2.50. The third-order valence-corrected chi connectivity index (χ3v) is 5.28. The fraction of sp³-hybridized carbons (Fsp3) is 0.286. The molecule has 166 valence electrons. The molecule has 4 rings (SSSR count). The predicted molar refractivity (Wildman–Crippen MR) is 113 cm³/mol. The van der Waals surface area contributed by atoms with Crippen molar-refractivity contribution in [2.24, 2.45) is 0 Å². The van der Waals surface area contributed by atoms with Crippen LogP contribution in [0, 0.1) is 10.1 Å². The van der Waals surface area contributed by atoms with Crippen LogP contribution in [-0.2, 0) is 20.9 Å².